The number of ether oxygens (including phenoxy) is 2. The first-order valence-corrected chi connectivity index (χ1v) is 17.5. The summed E-state index contributed by atoms with van der Waals surface area (Å²) >= 11 is 0. The van der Waals surface area contributed by atoms with Crippen LogP contribution in [0.4, 0.5) is 0 Å². The highest BCUT2D eigenvalue weighted by Crippen LogP contribution is 2.64. The Kier molecular flexibility index (Phi) is 5.80. The molecule has 8 heteroatoms. The molecule has 2 aromatic carbocycles. The molecule has 8 nitrogen and oxygen atoms in total. The number of nitrogens with zero attached hydrogens (tertiary/aromatic N) is 2. The largest absolute Gasteiger partial charge is 0.504 e. The van der Waals surface area contributed by atoms with E-state index in [1.165, 1.54) is 48.1 Å². The number of phenols is 2. The average Bonchev–Trinajstić information content (AvgIpc) is 3.57. The molecule has 0 amide bonds. The minimum Gasteiger partial charge on any atom is -0.504 e. The van der Waals surface area contributed by atoms with Crippen molar-refractivity contribution in [3.8, 4) is 23.0 Å². The SMILES string of the molecule is CN1CC[C@]23c4c5ccc(O)c4O[C@H]2[C@@H](O)C=C[C@H]3[C@H]1C5.Oc1ccc2c3c1O[C@H]1[C@@H](O)C=C[C@H]4[C@@H](C2)N(CC2CCC2)CC[C@@]341. The smallest absolute Gasteiger partial charge is 0.165 e. The van der Waals surface area contributed by atoms with Gasteiger partial charge in [-0.1, -0.05) is 42.9 Å². The lowest BCUT2D eigenvalue weighted by Gasteiger charge is -2.57. The Bertz CT molecular complexity index is 1690. The third-order valence-electron chi connectivity index (χ3n) is 13.9. The van der Waals surface area contributed by atoms with E-state index in [0.717, 1.165) is 44.7 Å². The molecule has 0 radical (unpaired) electrons. The highest BCUT2D eigenvalue weighted by atomic mass is 16.5. The molecule has 46 heavy (non-hydrogen) atoms. The third kappa shape index (κ3) is 3.39. The van der Waals surface area contributed by atoms with Crippen LogP contribution in [0.15, 0.2) is 48.6 Å². The highest BCUT2D eigenvalue weighted by Gasteiger charge is 2.65. The molecule has 4 bridgehead atoms. The number of phenolic OH excluding ortho intramolecular Hbond substituents is 2. The molecule has 1 saturated carbocycles. The number of aromatic hydroxyl groups is 2. The zero-order chi connectivity index (χ0) is 31.1. The maximum absolute atomic E-state index is 10.6. The molecular formula is C38H44N2O6. The van der Waals surface area contributed by atoms with Gasteiger partial charge in [-0.3, -0.25) is 4.90 Å². The second-order valence-corrected chi connectivity index (χ2v) is 15.7. The van der Waals surface area contributed by atoms with Gasteiger partial charge in [-0.15, -0.1) is 0 Å². The molecule has 5 aliphatic carbocycles. The van der Waals surface area contributed by atoms with Gasteiger partial charge in [0.25, 0.3) is 0 Å². The van der Waals surface area contributed by atoms with Gasteiger partial charge in [-0.25, -0.2) is 0 Å². The van der Waals surface area contributed by atoms with Gasteiger partial charge in [0, 0.05) is 52.4 Å². The highest BCUT2D eigenvalue weighted by molar-refractivity contribution is 5.63. The van der Waals surface area contributed by atoms with E-state index >= 15 is 0 Å². The van der Waals surface area contributed by atoms with Gasteiger partial charge in [0.15, 0.2) is 23.0 Å². The molecule has 4 aliphatic heterocycles. The van der Waals surface area contributed by atoms with Crippen molar-refractivity contribution in [2.75, 3.05) is 26.7 Å². The number of aliphatic hydroxyl groups is 2. The van der Waals surface area contributed by atoms with Gasteiger partial charge in [-0.05, 0) is 87.8 Å². The Morgan fingerprint density at radius 2 is 1.28 bits per heavy atom. The molecule has 4 heterocycles. The van der Waals surface area contributed by atoms with Crippen LogP contribution in [-0.4, -0.2) is 93.4 Å². The summed E-state index contributed by atoms with van der Waals surface area (Å²) in [6, 6.07) is 8.58. The predicted molar refractivity (Wildman–Crippen MR) is 171 cm³/mol. The lowest BCUT2D eigenvalue weighted by molar-refractivity contribution is -0.0572. The van der Waals surface area contributed by atoms with Crippen molar-refractivity contribution in [3.05, 3.63) is 70.8 Å². The monoisotopic (exact) mass is 624 g/mol. The Labute approximate surface area is 269 Å². The molecule has 11 rings (SSSR count). The summed E-state index contributed by atoms with van der Waals surface area (Å²) in [6.07, 6.45) is 14.7. The minimum atomic E-state index is -0.594. The maximum Gasteiger partial charge on any atom is 0.165 e. The Morgan fingerprint density at radius 3 is 1.85 bits per heavy atom. The summed E-state index contributed by atoms with van der Waals surface area (Å²) in [5, 5.41) is 41.6. The quantitative estimate of drug-likeness (QED) is 0.376. The van der Waals surface area contributed by atoms with Crippen LogP contribution in [0.3, 0.4) is 0 Å². The van der Waals surface area contributed by atoms with Gasteiger partial charge >= 0.3 is 0 Å². The van der Waals surface area contributed by atoms with Crippen molar-refractivity contribution < 1.29 is 29.9 Å². The number of likely N-dealkylation sites (tertiary alicyclic amines) is 2. The van der Waals surface area contributed by atoms with Gasteiger partial charge in [0.05, 0.1) is 0 Å². The Morgan fingerprint density at radius 1 is 0.739 bits per heavy atom. The van der Waals surface area contributed by atoms with Crippen molar-refractivity contribution in [1.82, 2.24) is 9.80 Å². The topological polar surface area (TPSA) is 106 Å². The van der Waals surface area contributed by atoms with E-state index in [9.17, 15) is 20.4 Å². The Balaban J connectivity index is 0.000000121. The van der Waals surface area contributed by atoms with E-state index in [-0.39, 0.29) is 34.5 Å². The van der Waals surface area contributed by atoms with E-state index in [1.807, 2.05) is 18.2 Å². The van der Waals surface area contributed by atoms with Crippen molar-refractivity contribution >= 4 is 0 Å². The van der Waals surface area contributed by atoms with E-state index in [2.05, 4.69) is 35.1 Å². The van der Waals surface area contributed by atoms with E-state index in [1.54, 1.807) is 12.1 Å². The summed E-state index contributed by atoms with van der Waals surface area (Å²) in [7, 11) is 2.19. The maximum atomic E-state index is 10.6. The molecule has 2 aromatic rings. The van der Waals surface area contributed by atoms with Crippen LogP contribution < -0.4 is 9.47 Å². The van der Waals surface area contributed by atoms with E-state index < -0.39 is 12.2 Å². The zero-order valence-electron chi connectivity index (χ0n) is 26.4. The van der Waals surface area contributed by atoms with Crippen molar-refractivity contribution in [2.45, 2.75) is 92.3 Å². The van der Waals surface area contributed by atoms with Gasteiger partial charge in [0.2, 0.25) is 0 Å². The summed E-state index contributed by atoms with van der Waals surface area (Å²) in [6.45, 7) is 3.31. The number of likely N-dealkylation sites (N-methyl/N-ethyl adjacent to an activating group) is 1. The van der Waals surface area contributed by atoms with Gasteiger partial charge < -0.3 is 34.8 Å². The minimum absolute atomic E-state index is 0.156. The van der Waals surface area contributed by atoms with E-state index in [0.29, 0.717) is 35.4 Å². The molecule has 0 aromatic heterocycles. The number of piperidine rings is 2. The second kappa shape index (κ2) is 9.53. The zero-order valence-corrected chi connectivity index (χ0v) is 26.4. The van der Waals surface area contributed by atoms with Crippen molar-refractivity contribution in [3.63, 3.8) is 0 Å². The summed E-state index contributed by atoms with van der Waals surface area (Å²) in [5.41, 5.74) is 4.65. The molecule has 2 saturated heterocycles. The molecular weight excluding hydrogens is 580 g/mol. The molecule has 4 N–H and O–H groups in total. The number of rotatable bonds is 2. The van der Waals surface area contributed by atoms with Crippen LogP contribution in [0.5, 0.6) is 23.0 Å². The number of hydrogen-bond acceptors (Lipinski definition) is 8. The molecule has 242 valence electrons. The number of benzene rings is 2. The molecule has 2 spiro atoms. The third-order valence-corrected chi connectivity index (χ3v) is 13.9. The first kappa shape index (κ1) is 28.0. The van der Waals surface area contributed by atoms with Crippen LogP contribution >= 0.6 is 0 Å². The number of aliphatic hydroxyl groups excluding tert-OH is 2. The predicted octanol–water partition coefficient (Wildman–Crippen LogP) is 3.57. The fraction of sp³-hybridized carbons (Fsp3) is 0.579. The second-order valence-electron chi connectivity index (χ2n) is 15.7. The molecule has 10 atom stereocenters. The lowest BCUT2D eigenvalue weighted by Crippen LogP contribution is -2.66. The van der Waals surface area contributed by atoms with Crippen molar-refractivity contribution in [2.24, 2.45) is 17.8 Å². The van der Waals surface area contributed by atoms with Crippen LogP contribution in [0, 0.1) is 17.8 Å². The van der Waals surface area contributed by atoms with Crippen LogP contribution in [-0.2, 0) is 23.7 Å². The molecule has 9 aliphatic rings. The van der Waals surface area contributed by atoms with Gasteiger partial charge in [-0.2, -0.15) is 0 Å². The Hall–Kier alpha value is -3.04. The molecule has 3 fully saturated rings. The van der Waals surface area contributed by atoms with E-state index in [4.69, 9.17) is 9.47 Å². The lowest BCUT2D eigenvalue weighted by atomic mass is 9.53. The fourth-order valence-corrected chi connectivity index (χ4v) is 11.6. The normalized spacial score (nSPS) is 41.8. The summed E-state index contributed by atoms with van der Waals surface area (Å²) in [5.74, 6) is 3.31. The average molecular weight is 625 g/mol. The summed E-state index contributed by atoms with van der Waals surface area (Å²) < 4.78 is 12.3. The summed E-state index contributed by atoms with van der Waals surface area (Å²) in [4.78, 5) is 5.15. The molecule has 0 unspecified atom stereocenters. The van der Waals surface area contributed by atoms with Crippen LogP contribution in [0.25, 0.3) is 0 Å². The fourth-order valence-electron chi connectivity index (χ4n) is 11.6. The first-order valence-electron chi connectivity index (χ1n) is 17.5. The first-order chi connectivity index (χ1) is 22.3. The number of hydrogen-bond donors (Lipinski definition) is 4. The standard InChI is InChI=1S/C21H25NO3.C17H19NO3/c23-16-6-4-13-10-15-14-5-7-17(24)20-21(14,18(13)19(16)25-20)8-9-22(15)11-12-2-1-3-12;1-18-7-6-17-10-3-5-13(20)16(17)21-15-12(19)4-2-9(14(15)17)8-11(10)18/h4-7,12,14-15,17,20,23-24H,1-3,8-11H2;2-5,10-11,13,16,19-20H,6-8H2,1H3/t14-,15+,17-,20-,21-;10-,11+,13-,16-,17-/m00/s1. The van der Waals surface area contributed by atoms with Crippen LogP contribution in [0.2, 0.25) is 0 Å². The van der Waals surface area contributed by atoms with Gasteiger partial charge in [0.1, 0.15) is 24.4 Å². The van der Waals surface area contributed by atoms with Crippen molar-refractivity contribution in [1.29, 1.82) is 0 Å². The van der Waals surface area contributed by atoms with Crippen LogP contribution in [0.1, 0.15) is 54.4 Å².